The van der Waals surface area contributed by atoms with Gasteiger partial charge in [-0.25, -0.2) is 0 Å². The van der Waals surface area contributed by atoms with Crippen LogP contribution in [0.4, 0.5) is 13.2 Å². The molecular weight excluding hydrogens is 397 g/mol. The zero-order chi connectivity index (χ0) is 21.5. The Labute approximate surface area is 176 Å². The van der Waals surface area contributed by atoms with E-state index in [0.717, 1.165) is 55.6 Å². The van der Waals surface area contributed by atoms with Crippen LogP contribution in [0.2, 0.25) is 0 Å². The van der Waals surface area contributed by atoms with Crippen LogP contribution in [0.25, 0.3) is 49.4 Å². The predicted molar refractivity (Wildman–Crippen MR) is 117 cm³/mol. The van der Waals surface area contributed by atoms with Crippen molar-refractivity contribution in [2.24, 2.45) is 7.05 Å². The predicted octanol–water partition coefficient (Wildman–Crippen LogP) is 6.66. The topological polar surface area (TPSA) is 8.29 Å². The first-order valence-electron chi connectivity index (χ1n) is 10.1. The number of benzene rings is 3. The van der Waals surface area contributed by atoms with Gasteiger partial charge in [-0.3, -0.25) is 0 Å². The third-order valence-corrected chi connectivity index (χ3v) is 6.37. The molecule has 0 saturated heterocycles. The Morgan fingerprint density at radius 2 is 1.55 bits per heavy atom. The summed E-state index contributed by atoms with van der Waals surface area (Å²) in [5, 5.41) is 4.79. The molecule has 0 aliphatic carbocycles. The van der Waals surface area contributed by atoms with Gasteiger partial charge in [-0.1, -0.05) is 42.5 Å². The first-order valence-corrected chi connectivity index (χ1v) is 10.1. The normalized spacial score (nSPS) is 12.7. The SMILES string of the molecule is Cc1c(-c2c3cc(C(F)(F)F)ccc3cc[n+]2C)n2c3ccccc3c3cccc1c32. The summed E-state index contributed by atoms with van der Waals surface area (Å²) in [7, 11) is 1.89. The lowest BCUT2D eigenvalue weighted by Gasteiger charge is -2.11. The van der Waals surface area contributed by atoms with Gasteiger partial charge in [0.15, 0.2) is 6.20 Å². The summed E-state index contributed by atoms with van der Waals surface area (Å²) in [5.41, 5.74) is 4.30. The third kappa shape index (κ3) is 2.37. The Bertz CT molecular complexity index is 1640. The van der Waals surface area contributed by atoms with Crippen molar-refractivity contribution < 1.29 is 17.7 Å². The third-order valence-electron chi connectivity index (χ3n) is 6.37. The number of aryl methyl sites for hydroxylation is 2. The molecule has 0 aliphatic rings. The van der Waals surface area contributed by atoms with Crippen molar-refractivity contribution in [1.82, 2.24) is 4.40 Å². The Morgan fingerprint density at radius 3 is 2.35 bits per heavy atom. The van der Waals surface area contributed by atoms with Crippen molar-refractivity contribution in [3.63, 3.8) is 0 Å². The largest absolute Gasteiger partial charge is 0.416 e. The van der Waals surface area contributed by atoms with Gasteiger partial charge in [0.2, 0.25) is 5.69 Å². The van der Waals surface area contributed by atoms with Gasteiger partial charge in [0.25, 0.3) is 0 Å². The molecule has 152 valence electrons. The molecule has 3 aromatic carbocycles. The molecule has 0 radical (unpaired) electrons. The van der Waals surface area contributed by atoms with Crippen LogP contribution in [-0.2, 0) is 13.2 Å². The summed E-state index contributed by atoms with van der Waals surface area (Å²) in [5.74, 6) is 0. The molecule has 0 N–H and O–H groups in total. The van der Waals surface area contributed by atoms with Gasteiger partial charge in [-0.05, 0) is 36.1 Å². The van der Waals surface area contributed by atoms with Crippen LogP contribution < -0.4 is 4.57 Å². The van der Waals surface area contributed by atoms with Crippen molar-refractivity contribution in [2.45, 2.75) is 13.1 Å². The van der Waals surface area contributed by atoms with E-state index >= 15 is 0 Å². The highest BCUT2D eigenvalue weighted by molar-refractivity contribution is 6.17. The van der Waals surface area contributed by atoms with Gasteiger partial charge in [0.1, 0.15) is 12.7 Å². The summed E-state index contributed by atoms with van der Waals surface area (Å²) in [6.07, 6.45) is -2.48. The fraction of sp³-hybridized carbons (Fsp3) is 0.115. The van der Waals surface area contributed by atoms with Gasteiger partial charge in [0.05, 0.1) is 22.0 Å². The maximum absolute atomic E-state index is 13.5. The smallest absolute Gasteiger partial charge is 0.303 e. The first kappa shape index (κ1) is 18.2. The van der Waals surface area contributed by atoms with E-state index in [1.807, 2.05) is 42.1 Å². The lowest BCUT2D eigenvalue weighted by molar-refractivity contribution is -0.659. The van der Waals surface area contributed by atoms with Gasteiger partial charge < -0.3 is 4.40 Å². The highest BCUT2D eigenvalue weighted by Crippen LogP contribution is 2.42. The molecule has 0 bridgehead atoms. The van der Waals surface area contributed by atoms with E-state index in [0.29, 0.717) is 5.39 Å². The summed E-state index contributed by atoms with van der Waals surface area (Å²) in [6, 6.07) is 20.3. The molecule has 31 heavy (non-hydrogen) atoms. The second-order valence-corrected chi connectivity index (χ2v) is 8.10. The van der Waals surface area contributed by atoms with Gasteiger partial charge >= 0.3 is 6.18 Å². The number of halogens is 3. The first-order chi connectivity index (χ1) is 14.9. The number of hydrogen-bond donors (Lipinski definition) is 0. The second kappa shape index (κ2) is 5.97. The Hall–Kier alpha value is -3.60. The Balaban J connectivity index is 1.85. The molecule has 6 aromatic rings. The molecule has 3 heterocycles. The van der Waals surface area contributed by atoms with Crippen LogP contribution in [0.1, 0.15) is 11.1 Å². The molecule has 0 amide bonds. The van der Waals surface area contributed by atoms with E-state index in [-0.39, 0.29) is 0 Å². The fourth-order valence-corrected chi connectivity index (χ4v) is 4.97. The second-order valence-electron chi connectivity index (χ2n) is 8.10. The summed E-state index contributed by atoms with van der Waals surface area (Å²) < 4.78 is 44.7. The lowest BCUT2D eigenvalue weighted by atomic mass is 10.0. The molecule has 0 spiro atoms. The number of alkyl halides is 3. The van der Waals surface area contributed by atoms with E-state index in [1.54, 1.807) is 6.07 Å². The fourth-order valence-electron chi connectivity index (χ4n) is 4.97. The minimum Gasteiger partial charge on any atom is -0.303 e. The number of hydrogen-bond acceptors (Lipinski definition) is 0. The lowest BCUT2D eigenvalue weighted by Crippen LogP contribution is -2.31. The molecule has 0 fully saturated rings. The van der Waals surface area contributed by atoms with Crippen molar-refractivity contribution in [3.05, 3.63) is 84.1 Å². The summed E-state index contributed by atoms with van der Waals surface area (Å²) in [6.45, 7) is 2.05. The highest BCUT2D eigenvalue weighted by atomic mass is 19.4. The van der Waals surface area contributed by atoms with Crippen molar-refractivity contribution >= 4 is 38.0 Å². The van der Waals surface area contributed by atoms with Crippen LogP contribution in [0.3, 0.4) is 0 Å². The van der Waals surface area contributed by atoms with E-state index in [2.05, 4.69) is 35.6 Å². The minimum absolute atomic E-state index is 0.591. The van der Waals surface area contributed by atoms with E-state index < -0.39 is 11.7 Å². The van der Waals surface area contributed by atoms with E-state index in [9.17, 15) is 13.2 Å². The molecular formula is C26H18F3N2+. The molecule has 0 unspecified atom stereocenters. The number of pyridine rings is 1. The van der Waals surface area contributed by atoms with Crippen LogP contribution in [0.15, 0.2) is 72.9 Å². The maximum atomic E-state index is 13.5. The van der Waals surface area contributed by atoms with Gasteiger partial charge in [0, 0.05) is 22.2 Å². The van der Waals surface area contributed by atoms with Crippen LogP contribution in [0, 0.1) is 6.92 Å². The van der Waals surface area contributed by atoms with E-state index in [1.165, 1.54) is 6.07 Å². The molecule has 0 atom stereocenters. The van der Waals surface area contributed by atoms with E-state index in [4.69, 9.17) is 0 Å². The number of nitrogens with zero attached hydrogens (tertiary/aromatic N) is 2. The van der Waals surface area contributed by atoms with Crippen LogP contribution >= 0.6 is 0 Å². The molecule has 0 saturated carbocycles. The number of rotatable bonds is 1. The zero-order valence-electron chi connectivity index (χ0n) is 17.0. The van der Waals surface area contributed by atoms with Crippen molar-refractivity contribution in [1.29, 1.82) is 0 Å². The Kier molecular flexibility index (Phi) is 3.51. The van der Waals surface area contributed by atoms with Crippen LogP contribution in [0.5, 0.6) is 0 Å². The van der Waals surface area contributed by atoms with Gasteiger partial charge in [-0.2, -0.15) is 17.7 Å². The molecule has 5 heteroatoms. The number of fused-ring (bicyclic) bond motifs is 4. The average Bonchev–Trinajstić information content (AvgIpc) is 3.24. The minimum atomic E-state index is -4.39. The van der Waals surface area contributed by atoms with Crippen molar-refractivity contribution in [2.75, 3.05) is 0 Å². The maximum Gasteiger partial charge on any atom is 0.416 e. The summed E-state index contributed by atoms with van der Waals surface area (Å²) >= 11 is 0. The average molecular weight is 415 g/mol. The quantitative estimate of drug-likeness (QED) is 0.266. The van der Waals surface area contributed by atoms with Crippen molar-refractivity contribution in [3.8, 4) is 11.4 Å². The zero-order valence-corrected chi connectivity index (χ0v) is 17.0. The highest BCUT2D eigenvalue weighted by Gasteiger charge is 2.32. The number of aromatic nitrogens is 2. The molecule has 2 nitrogen and oxygen atoms in total. The van der Waals surface area contributed by atoms with Crippen LogP contribution in [-0.4, -0.2) is 4.40 Å². The molecule has 3 aromatic heterocycles. The number of para-hydroxylation sites is 2. The standard InChI is InChI=1S/C26H18F3N2/c1-15-18-7-5-8-20-19-6-3-4-9-22(19)31(24(18)20)23(15)25-21-14-17(26(27,28)29)11-10-16(21)12-13-30(25)2/h3-14H,1-2H3/q+1. The Morgan fingerprint density at radius 1 is 0.806 bits per heavy atom. The monoisotopic (exact) mass is 415 g/mol. The summed E-state index contributed by atoms with van der Waals surface area (Å²) in [4.78, 5) is 0. The molecule has 6 rings (SSSR count). The molecule has 0 aliphatic heterocycles. The van der Waals surface area contributed by atoms with Gasteiger partial charge in [-0.15, -0.1) is 0 Å².